The molecule has 3 aromatic carbocycles. The third-order valence-electron chi connectivity index (χ3n) is 6.85. The van der Waals surface area contributed by atoms with E-state index in [0.717, 1.165) is 38.9 Å². The van der Waals surface area contributed by atoms with Crippen LogP contribution in [0, 0.1) is 13.8 Å². The van der Waals surface area contributed by atoms with Gasteiger partial charge in [-0.15, -0.1) is 0 Å². The number of ketones is 1. The molecule has 0 saturated heterocycles. The molecule has 0 saturated carbocycles. The first kappa shape index (κ1) is 24.2. The van der Waals surface area contributed by atoms with Crippen LogP contribution in [0.3, 0.4) is 0 Å². The zero-order valence-electron chi connectivity index (χ0n) is 21.4. The Balaban J connectivity index is 1.48. The van der Waals surface area contributed by atoms with Crippen LogP contribution in [0.15, 0.2) is 69.9 Å². The number of hydrogen-bond donors (Lipinski definition) is 0. The second kappa shape index (κ2) is 9.50. The summed E-state index contributed by atoms with van der Waals surface area (Å²) in [7, 11) is 5.13. The number of hydrogen-bond acceptors (Lipinski definition) is 6. The Morgan fingerprint density at radius 3 is 2.30 bits per heavy atom. The highest BCUT2D eigenvalue weighted by atomic mass is 16.5. The predicted molar refractivity (Wildman–Crippen MR) is 143 cm³/mol. The van der Waals surface area contributed by atoms with Crippen molar-refractivity contribution in [2.75, 3.05) is 20.8 Å². The number of nitrogens with zero attached hydrogens (tertiary/aromatic N) is 1. The van der Waals surface area contributed by atoms with Crippen LogP contribution in [0.1, 0.15) is 21.6 Å². The topological polar surface area (TPSA) is 79.9 Å². The Morgan fingerprint density at radius 1 is 0.892 bits per heavy atom. The molecule has 7 nitrogen and oxygen atoms in total. The summed E-state index contributed by atoms with van der Waals surface area (Å²) in [6.45, 7) is 3.57. The van der Waals surface area contributed by atoms with E-state index >= 15 is 0 Å². The molecule has 5 rings (SSSR count). The lowest BCUT2D eigenvalue weighted by Crippen LogP contribution is -2.13. The number of ether oxygens (including phenoxy) is 3. The van der Waals surface area contributed by atoms with Crippen LogP contribution in [0.2, 0.25) is 0 Å². The normalized spacial score (nSPS) is 11.2. The van der Waals surface area contributed by atoms with Gasteiger partial charge in [0.2, 0.25) is 5.78 Å². The molecule has 0 spiro atoms. The highest BCUT2D eigenvalue weighted by Crippen LogP contribution is 2.34. The average molecular weight is 498 g/mol. The second-order valence-electron chi connectivity index (χ2n) is 8.89. The Labute approximate surface area is 213 Å². The highest BCUT2D eigenvalue weighted by molar-refractivity contribution is 6.10. The van der Waals surface area contributed by atoms with E-state index in [1.807, 2.05) is 74.0 Å². The van der Waals surface area contributed by atoms with Crippen LogP contribution in [-0.2, 0) is 7.05 Å². The van der Waals surface area contributed by atoms with E-state index in [1.54, 1.807) is 20.3 Å². The quantitative estimate of drug-likeness (QED) is 0.207. The Kier molecular flexibility index (Phi) is 6.21. The van der Waals surface area contributed by atoms with E-state index < -0.39 is 5.63 Å². The summed E-state index contributed by atoms with van der Waals surface area (Å²) in [5.74, 6) is 1.74. The minimum Gasteiger partial charge on any atom is -0.497 e. The van der Waals surface area contributed by atoms with Crippen molar-refractivity contribution in [1.82, 2.24) is 4.57 Å². The Morgan fingerprint density at radius 2 is 1.59 bits per heavy atom. The number of Topliss-reactive ketones (excluding diaryl/α,β-unsaturated/α-hetero) is 1. The summed E-state index contributed by atoms with van der Waals surface area (Å²) in [4.78, 5) is 25.8. The van der Waals surface area contributed by atoms with Crippen LogP contribution in [0.4, 0.5) is 0 Å². The van der Waals surface area contributed by atoms with Gasteiger partial charge >= 0.3 is 5.63 Å². The maximum Gasteiger partial charge on any atom is 0.336 e. The van der Waals surface area contributed by atoms with Gasteiger partial charge in [-0.2, -0.15) is 0 Å². The number of aryl methyl sites for hydroxylation is 2. The van der Waals surface area contributed by atoms with Crippen molar-refractivity contribution in [2.24, 2.45) is 7.05 Å². The van der Waals surface area contributed by atoms with Crippen LogP contribution >= 0.6 is 0 Å². The molecular weight excluding hydrogens is 470 g/mol. The first-order valence-corrected chi connectivity index (χ1v) is 11.8. The van der Waals surface area contributed by atoms with E-state index in [2.05, 4.69) is 0 Å². The van der Waals surface area contributed by atoms with Gasteiger partial charge in [0.05, 0.1) is 14.2 Å². The first-order valence-electron chi connectivity index (χ1n) is 11.8. The number of carbonyl (C=O) groups excluding carboxylic acids is 1. The van der Waals surface area contributed by atoms with Crippen molar-refractivity contribution >= 4 is 27.7 Å². The van der Waals surface area contributed by atoms with Crippen LogP contribution in [0.5, 0.6) is 17.2 Å². The molecule has 0 aliphatic heterocycles. The van der Waals surface area contributed by atoms with Gasteiger partial charge in [-0.25, -0.2) is 4.79 Å². The number of aromatic nitrogens is 1. The van der Waals surface area contributed by atoms with Gasteiger partial charge in [-0.1, -0.05) is 12.1 Å². The molecule has 2 aromatic heterocycles. The lowest BCUT2D eigenvalue weighted by molar-refractivity contribution is 0.0922. The summed E-state index contributed by atoms with van der Waals surface area (Å²) >= 11 is 0. The standard InChI is InChI=1S/C30H27NO6/c1-17-27(36-16-26(32)29-18(2)31(3)25-12-10-21(35-5)14-24(25)29)13-11-22-23(15-28(33)37-30(17)22)19-6-8-20(34-4)9-7-19/h6-15H,16H2,1-5H3. The van der Waals surface area contributed by atoms with Crippen molar-refractivity contribution in [2.45, 2.75) is 13.8 Å². The van der Waals surface area contributed by atoms with Crippen molar-refractivity contribution in [3.63, 3.8) is 0 Å². The minimum absolute atomic E-state index is 0.149. The predicted octanol–water partition coefficient (Wildman–Crippen LogP) is 5.85. The number of carbonyl (C=O) groups is 1. The fraction of sp³-hybridized carbons (Fsp3) is 0.200. The van der Waals surface area contributed by atoms with Crippen molar-refractivity contribution < 1.29 is 23.4 Å². The van der Waals surface area contributed by atoms with E-state index in [9.17, 15) is 9.59 Å². The summed E-state index contributed by atoms with van der Waals surface area (Å²) in [5, 5.41) is 1.59. The molecule has 0 fully saturated rings. The molecule has 37 heavy (non-hydrogen) atoms. The SMILES string of the molecule is COc1ccc(-c2cc(=O)oc3c(C)c(OCC(=O)c4c(C)n(C)c5ccc(OC)cc45)ccc23)cc1. The zero-order valence-corrected chi connectivity index (χ0v) is 21.4. The molecule has 0 aliphatic rings. The van der Waals surface area contributed by atoms with Gasteiger partial charge in [-0.05, 0) is 67.4 Å². The Bertz CT molecular complexity index is 1710. The molecule has 0 aliphatic carbocycles. The van der Waals surface area contributed by atoms with Crippen LogP contribution in [0.25, 0.3) is 33.0 Å². The molecule has 7 heteroatoms. The highest BCUT2D eigenvalue weighted by Gasteiger charge is 2.21. The number of benzene rings is 3. The first-order chi connectivity index (χ1) is 17.8. The average Bonchev–Trinajstić information content (AvgIpc) is 3.17. The van der Waals surface area contributed by atoms with Crippen LogP contribution < -0.4 is 19.8 Å². The van der Waals surface area contributed by atoms with Gasteiger partial charge in [0.25, 0.3) is 0 Å². The summed E-state index contributed by atoms with van der Waals surface area (Å²) in [5.41, 5.74) is 4.61. The molecule has 0 N–H and O–H groups in total. The van der Waals surface area contributed by atoms with Crippen LogP contribution in [-0.4, -0.2) is 31.2 Å². The lowest BCUT2D eigenvalue weighted by Gasteiger charge is -2.13. The second-order valence-corrected chi connectivity index (χ2v) is 8.89. The van der Waals surface area contributed by atoms with Gasteiger partial charge in [-0.3, -0.25) is 4.79 Å². The van der Waals surface area contributed by atoms with Gasteiger partial charge in [0, 0.05) is 46.2 Å². The lowest BCUT2D eigenvalue weighted by atomic mass is 10.00. The zero-order chi connectivity index (χ0) is 26.3. The maximum absolute atomic E-state index is 13.3. The molecule has 0 atom stereocenters. The van der Waals surface area contributed by atoms with Crippen molar-refractivity contribution in [1.29, 1.82) is 0 Å². The molecule has 0 amide bonds. The van der Waals surface area contributed by atoms with E-state index in [-0.39, 0.29) is 12.4 Å². The monoisotopic (exact) mass is 497 g/mol. The van der Waals surface area contributed by atoms with Crippen molar-refractivity contribution in [3.05, 3.63) is 87.9 Å². The number of methoxy groups -OCH3 is 2. The Hall–Kier alpha value is -4.52. The minimum atomic E-state index is -0.463. The van der Waals surface area contributed by atoms with Gasteiger partial charge in [0.1, 0.15) is 22.8 Å². The molecule has 2 heterocycles. The number of rotatable bonds is 7. The van der Waals surface area contributed by atoms with Gasteiger partial charge in [0.15, 0.2) is 6.61 Å². The van der Waals surface area contributed by atoms with Crippen molar-refractivity contribution in [3.8, 4) is 28.4 Å². The third kappa shape index (κ3) is 4.22. The smallest absolute Gasteiger partial charge is 0.336 e. The number of fused-ring (bicyclic) bond motifs is 2. The maximum atomic E-state index is 13.3. The molecule has 5 aromatic rings. The third-order valence-corrected chi connectivity index (χ3v) is 6.85. The molecule has 0 radical (unpaired) electrons. The summed E-state index contributed by atoms with van der Waals surface area (Å²) in [6.07, 6.45) is 0. The van der Waals surface area contributed by atoms with E-state index in [4.69, 9.17) is 18.6 Å². The summed E-state index contributed by atoms with van der Waals surface area (Å²) < 4.78 is 24.1. The molecule has 0 unspecified atom stereocenters. The van der Waals surface area contributed by atoms with E-state index in [1.165, 1.54) is 6.07 Å². The molecular formula is C30H27NO6. The largest absolute Gasteiger partial charge is 0.497 e. The fourth-order valence-electron chi connectivity index (χ4n) is 4.75. The van der Waals surface area contributed by atoms with Gasteiger partial charge < -0.3 is 23.2 Å². The van der Waals surface area contributed by atoms with E-state index in [0.29, 0.717) is 28.2 Å². The summed E-state index contributed by atoms with van der Waals surface area (Å²) in [6, 6.07) is 18.3. The molecule has 0 bridgehead atoms. The fourth-order valence-corrected chi connectivity index (χ4v) is 4.75. The molecule has 188 valence electrons.